The number of carbonyl (C=O) groups is 1. The predicted octanol–water partition coefficient (Wildman–Crippen LogP) is 1.72. The molecule has 4 nitrogen and oxygen atoms in total. The third-order valence-corrected chi connectivity index (χ3v) is 5.68. The maximum atomic E-state index is 12.5. The molecule has 1 aliphatic heterocycles. The normalized spacial score (nSPS) is 36.4. The lowest BCUT2D eigenvalue weighted by molar-refractivity contribution is -0.126. The number of amides is 1. The van der Waals surface area contributed by atoms with Crippen LogP contribution in [0.15, 0.2) is 0 Å². The van der Waals surface area contributed by atoms with Crippen LogP contribution in [-0.4, -0.2) is 35.2 Å². The van der Waals surface area contributed by atoms with Crippen LogP contribution in [0.2, 0.25) is 0 Å². The van der Waals surface area contributed by atoms with Gasteiger partial charge in [0.1, 0.15) is 0 Å². The van der Waals surface area contributed by atoms with Crippen molar-refractivity contribution in [2.75, 3.05) is 6.61 Å². The monoisotopic (exact) mass is 280 g/mol. The van der Waals surface area contributed by atoms with E-state index in [2.05, 4.69) is 10.6 Å². The van der Waals surface area contributed by atoms with Gasteiger partial charge in [-0.2, -0.15) is 0 Å². The molecule has 3 atom stereocenters. The minimum atomic E-state index is -0.342. The SMILES string of the molecule is O=C(NC1(CO)CCCCC1)C1CC2CCCCC2N1. The Morgan fingerprint density at radius 3 is 2.60 bits per heavy atom. The Hall–Kier alpha value is -0.610. The number of nitrogens with one attached hydrogen (secondary N) is 2. The molecule has 0 radical (unpaired) electrons. The topological polar surface area (TPSA) is 61.4 Å². The maximum absolute atomic E-state index is 12.5. The van der Waals surface area contributed by atoms with Crippen molar-refractivity contribution in [3.05, 3.63) is 0 Å². The number of aliphatic hydroxyl groups is 1. The molecule has 1 saturated heterocycles. The van der Waals surface area contributed by atoms with Gasteiger partial charge in [-0.3, -0.25) is 4.79 Å². The predicted molar refractivity (Wildman–Crippen MR) is 78.3 cm³/mol. The van der Waals surface area contributed by atoms with Gasteiger partial charge in [0.15, 0.2) is 0 Å². The Balaban J connectivity index is 1.58. The van der Waals surface area contributed by atoms with Gasteiger partial charge >= 0.3 is 0 Å². The van der Waals surface area contributed by atoms with Crippen LogP contribution in [0.3, 0.4) is 0 Å². The van der Waals surface area contributed by atoms with Gasteiger partial charge in [0.05, 0.1) is 18.2 Å². The van der Waals surface area contributed by atoms with Crippen LogP contribution >= 0.6 is 0 Å². The summed E-state index contributed by atoms with van der Waals surface area (Å²) >= 11 is 0. The quantitative estimate of drug-likeness (QED) is 0.737. The second-order valence-corrected chi connectivity index (χ2v) is 7.09. The minimum absolute atomic E-state index is 0.0338. The molecule has 0 aromatic carbocycles. The highest BCUT2D eigenvalue weighted by Gasteiger charge is 2.41. The van der Waals surface area contributed by atoms with Crippen molar-refractivity contribution < 1.29 is 9.90 Å². The van der Waals surface area contributed by atoms with E-state index in [9.17, 15) is 9.90 Å². The van der Waals surface area contributed by atoms with E-state index in [0.717, 1.165) is 32.1 Å². The molecule has 1 amide bonds. The van der Waals surface area contributed by atoms with E-state index in [1.165, 1.54) is 32.1 Å². The number of carbonyl (C=O) groups excluding carboxylic acids is 1. The van der Waals surface area contributed by atoms with Crippen LogP contribution in [0.1, 0.15) is 64.2 Å². The lowest BCUT2D eigenvalue weighted by atomic mass is 9.82. The summed E-state index contributed by atoms with van der Waals surface area (Å²) in [6.07, 6.45) is 11.4. The molecule has 3 unspecified atom stereocenters. The smallest absolute Gasteiger partial charge is 0.237 e. The van der Waals surface area contributed by atoms with Crippen LogP contribution in [0.4, 0.5) is 0 Å². The van der Waals surface area contributed by atoms with Gasteiger partial charge in [0, 0.05) is 6.04 Å². The molecule has 0 aromatic rings. The average Bonchev–Trinajstić information content (AvgIpc) is 2.92. The molecule has 114 valence electrons. The van der Waals surface area contributed by atoms with E-state index in [-0.39, 0.29) is 24.1 Å². The molecule has 4 heteroatoms. The van der Waals surface area contributed by atoms with Gasteiger partial charge in [0.25, 0.3) is 0 Å². The third-order valence-electron chi connectivity index (χ3n) is 5.68. The number of aliphatic hydroxyl groups excluding tert-OH is 1. The van der Waals surface area contributed by atoms with Crippen LogP contribution in [0.5, 0.6) is 0 Å². The summed E-state index contributed by atoms with van der Waals surface area (Å²) in [5.74, 6) is 0.811. The van der Waals surface area contributed by atoms with Crippen molar-refractivity contribution in [2.45, 2.75) is 81.8 Å². The van der Waals surface area contributed by atoms with Crippen LogP contribution in [-0.2, 0) is 4.79 Å². The number of hydrogen-bond donors (Lipinski definition) is 3. The summed E-state index contributed by atoms with van der Waals surface area (Å²) < 4.78 is 0. The first kappa shape index (κ1) is 14.3. The summed E-state index contributed by atoms with van der Waals surface area (Å²) in [4.78, 5) is 12.5. The van der Waals surface area contributed by atoms with Gasteiger partial charge in [-0.25, -0.2) is 0 Å². The van der Waals surface area contributed by atoms with Gasteiger partial charge in [0.2, 0.25) is 5.91 Å². The highest BCUT2D eigenvalue weighted by Crippen LogP contribution is 2.34. The van der Waals surface area contributed by atoms with Crippen LogP contribution < -0.4 is 10.6 Å². The van der Waals surface area contributed by atoms with E-state index < -0.39 is 0 Å². The summed E-state index contributed by atoms with van der Waals surface area (Å²) in [5.41, 5.74) is -0.342. The Kier molecular flexibility index (Phi) is 4.32. The zero-order valence-corrected chi connectivity index (χ0v) is 12.4. The molecule has 1 heterocycles. The fourth-order valence-electron chi connectivity index (χ4n) is 4.42. The first-order valence-corrected chi connectivity index (χ1v) is 8.41. The van der Waals surface area contributed by atoms with Crippen molar-refractivity contribution in [1.82, 2.24) is 10.6 Å². The Morgan fingerprint density at radius 1 is 1.15 bits per heavy atom. The second-order valence-electron chi connectivity index (χ2n) is 7.09. The first-order valence-electron chi connectivity index (χ1n) is 8.41. The number of hydrogen-bond acceptors (Lipinski definition) is 3. The van der Waals surface area contributed by atoms with Crippen LogP contribution in [0, 0.1) is 5.92 Å². The lowest BCUT2D eigenvalue weighted by Crippen LogP contribution is -2.56. The molecule has 2 aliphatic carbocycles. The molecule has 0 bridgehead atoms. The fourth-order valence-corrected chi connectivity index (χ4v) is 4.42. The van der Waals surface area contributed by atoms with Gasteiger partial charge in [-0.05, 0) is 38.0 Å². The molecule has 3 rings (SSSR count). The lowest BCUT2D eigenvalue weighted by Gasteiger charge is -2.37. The molecule has 3 aliphatic rings. The molecular formula is C16H28N2O2. The van der Waals surface area contributed by atoms with Crippen molar-refractivity contribution in [1.29, 1.82) is 0 Å². The summed E-state index contributed by atoms with van der Waals surface area (Å²) in [6, 6.07) is 0.518. The zero-order chi connectivity index (χ0) is 14.0. The molecule has 20 heavy (non-hydrogen) atoms. The summed E-state index contributed by atoms with van der Waals surface area (Å²) in [5, 5.41) is 16.4. The molecular weight excluding hydrogens is 252 g/mol. The van der Waals surface area contributed by atoms with Crippen molar-refractivity contribution >= 4 is 5.91 Å². The first-order chi connectivity index (χ1) is 9.72. The Labute approximate surface area is 121 Å². The molecule has 2 saturated carbocycles. The fraction of sp³-hybridized carbons (Fsp3) is 0.938. The number of fused-ring (bicyclic) bond motifs is 1. The van der Waals surface area contributed by atoms with Crippen molar-refractivity contribution in [3.8, 4) is 0 Å². The van der Waals surface area contributed by atoms with E-state index >= 15 is 0 Å². The second kappa shape index (κ2) is 6.02. The van der Waals surface area contributed by atoms with Crippen molar-refractivity contribution in [3.63, 3.8) is 0 Å². The van der Waals surface area contributed by atoms with E-state index in [0.29, 0.717) is 12.0 Å². The summed E-state index contributed by atoms with van der Waals surface area (Å²) in [6.45, 7) is 0.0817. The van der Waals surface area contributed by atoms with Gasteiger partial charge < -0.3 is 15.7 Å². The molecule has 3 fully saturated rings. The average molecular weight is 280 g/mol. The highest BCUT2D eigenvalue weighted by molar-refractivity contribution is 5.83. The molecule has 3 N–H and O–H groups in total. The Morgan fingerprint density at radius 2 is 1.90 bits per heavy atom. The van der Waals surface area contributed by atoms with Gasteiger partial charge in [-0.1, -0.05) is 32.1 Å². The zero-order valence-electron chi connectivity index (χ0n) is 12.4. The largest absolute Gasteiger partial charge is 0.394 e. The molecule has 0 aromatic heterocycles. The van der Waals surface area contributed by atoms with Crippen molar-refractivity contribution in [2.24, 2.45) is 5.92 Å². The van der Waals surface area contributed by atoms with Crippen LogP contribution in [0.25, 0.3) is 0 Å². The summed E-state index contributed by atoms with van der Waals surface area (Å²) in [7, 11) is 0. The highest BCUT2D eigenvalue weighted by atomic mass is 16.3. The molecule has 0 spiro atoms. The van der Waals surface area contributed by atoms with Gasteiger partial charge in [-0.15, -0.1) is 0 Å². The number of rotatable bonds is 3. The van der Waals surface area contributed by atoms with E-state index in [4.69, 9.17) is 0 Å². The van der Waals surface area contributed by atoms with E-state index in [1.807, 2.05) is 0 Å². The minimum Gasteiger partial charge on any atom is -0.394 e. The van der Waals surface area contributed by atoms with E-state index in [1.54, 1.807) is 0 Å². The Bertz CT molecular complexity index is 338. The maximum Gasteiger partial charge on any atom is 0.237 e. The third kappa shape index (κ3) is 2.86. The standard InChI is InChI=1S/C16H28N2O2/c19-11-16(8-4-1-5-9-16)18-15(20)14-10-12-6-2-3-7-13(12)17-14/h12-14,17,19H,1-11H2,(H,18,20).